The van der Waals surface area contributed by atoms with Crippen molar-refractivity contribution in [1.29, 1.82) is 0 Å². The third-order valence-corrected chi connectivity index (χ3v) is 3.47. The first kappa shape index (κ1) is 15.9. The molecule has 2 rings (SSSR count). The third-order valence-electron chi connectivity index (χ3n) is 3.47. The van der Waals surface area contributed by atoms with E-state index in [0.29, 0.717) is 19.0 Å². The highest BCUT2D eigenvalue weighted by Gasteiger charge is 2.05. The minimum Gasteiger partial charge on any atom is -0.490 e. The fraction of sp³-hybridized carbons (Fsp3) is 0.278. The van der Waals surface area contributed by atoms with Crippen molar-refractivity contribution in [2.24, 2.45) is 0 Å². The van der Waals surface area contributed by atoms with Gasteiger partial charge in [0, 0.05) is 0 Å². The van der Waals surface area contributed by atoms with Gasteiger partial charge in [0.2, 0.25) is 0 Å². The van der Waals surface area contributed by atoms with Crippen LogP contribution in [0.1, 0.15) is 27.0 Å². The summed E-state index contributed by atoms with van der Waals surface area (Å²) in [6.45, 7) is 6.98. The normalized spacial score (nSPS) is 10.3. The van der Waals surface area contributed by atoms with Crippen LogP contribution in [0.3, 0.4) is 0 Å². The van der Waals surface area contributed by atoms with E-state index in [-0.39, 0.29) is 5.56 Å². The van der Waals surface area contributed by atoms with Gasteiger partial charge in [0.1, 0.15) is 24.7 Å². The Kier molecular flexibility index (Phi) is 5.04. The predicted molar refractivity (Wildman–Crippen MR) is 85.0 cm³/mol. The van der Waals surface area contributed by atoms with Crippen LogP contribution in [0.15, 0.2) is 36.4 Å². The van der Waals surface area contributed by atoms with E-state index in [4.69, 9.17) is 14.6 Å². The highest BCUT2D eigenvalue weighted by atomic mass is 16.5. The second kappa shape index (κ2) is 6.98. The number of carboxylic acid groups (broad SMARTS) is 1. The molecule has 0 aromatic heterocycles. The van der Waals surface area contributed by atoms with E-state index < -0.39 is 5.97 Å². The minimum absolute atomic E-state index is 0.245. The number of aryl methyl sites for hydroxylation is 2. The second-order valence-electron chi connectivity index (χ2n) is 5.23. The molecule has 0 aliphatic rings. The highest BCUT2D eigenvalue weighted by Crippen LogP contribution is 2.23. The maximum absolute atomic E-state index is 10.8. The molecular weight excluding hydrogens is 280 g/mol. The van der Waals surface area contributed by atoms with Crippen molar-refractivity contribution >= 4 is 5.97 Å². The summed E-state index contributed by atoms with van der Waals surface area (Å²) in [7, 11) is 0. The topological polar surface area (TPSA) is 55.8 Å². The van der Waals surface area contributed by atoms with E-state index >= 15 is 0 Å². The Labute approximate surface area is 130 Å². The molecule has 0 heterocycles. The number of carbonyl (C=O) groups is 1. The maximum atomic E-state index is 10.8. The Morgan fingerprint density at radius 3 is 2.27 bits per heavy atom. The average molecular weight is 300 g/mol. The van der Waals surface area contributed by atoms with Crippen molar-refractivity contribution in [1.82, 2.24) is 0 Å². The quantitative estimate of drug-likeness (QED) is 0.825. The largest absolute Gasteiger partial charge is 0.490 e. The number of hydrogen-bond acceptors (Lipinski definition) is 3. The molecule has 0 aliphatic carbocycles. The number of hydrogen-bond donors (Lipinski definition) is 1. The van der Waals surface area contributed by atoms with E-state index in [1.165, 1.54) is 23.3 Å². The summed E-state index contributed by atoms with van der Waals surface area (Å²) in [6, 6.07) is 10.5. The van der Waals surface area contributed by atoms with Gasteiger partial charge in [-0.1, -0.05) is 6.07 Å². The van der Waals surface area contributed by atoms with Gasteiger partial charge >= 0.3 is 5.97 Å². The summed E-state index contributed by atoms with van der Waals surface area (Å²) in [5.74, 6) is 0.563. The van der Waals surface area contributed by atoms with Crippen molar-refractivity contribution in [3.05, 3.63) is 58.7 Å². The number of benzene rings is 2. The lowest BCUT2D eigenvalue weighted by Crippen LogP contribution is -2.10. The van der Waals surface area contributed by atoms with Gasteiger partial charge in [0.25, 0.3) is 0 Å². The predicted octanol–water partition coefficient (Wildman–Crippen LogP) is 3.77. The molecule has 4 nitrogen and oxygen atoms in total. The molecule has 1 N–H and O–H groups in total. The first-order chi connectivity index (χ1) is 10.5. The van der Waals surface area contributed by atoms with Gasteiger partial charge in [0.05, 0.1) is 5.56 Å². The van der Waals surface area contributed by atoms with Crippen molar-refractivity contribution in [2.75, 3.05) is 13.2 Å². The van der Waals surface area contributed by atoms with E-state index in [9.17, 15) is 4.79 Å². The Morgan fingerprint density at radius 1 is 1.00 bits per heavy atom. The van der Waals surface area contributed by atoms with Crippen LogP contribution in [0.2, 0.25) is 0 Å². The summed E-state index contributed by atoms with van der Waals surface area (Å²) in [6.07, 6.45) is 0. The lowest BCUT2D eigenvalue weighted by molar-refractivity contribution is 0.0697. The summed E-state index contributed by atoms with van der Waals surface area (Å²) in [5.41, 5.74) is 3.76. The first-order valence-corrected chi connectivity index (χ1v) is 7.14. The van der Waals surface area contributed by atoms with E-state index in [0.717, 1.165) is 11.3 Å². The van der Waals surface area contributed by atoms with E-state index in [2.05, 4.69) is 13.0 Å². The summed E-state index contributed by atoms with van der Waals surface area (Å²) in [4.78, 5) is 10.8. The Balaban J connectivity index is 1.86. The van der Waals surface area contributed by atoms with Crippen LogP contribution >= 0.6 is 0 Å². The zero-order chi connectivity index (χ0) is 16.1. The maximum Gasteiger partial charge on any atom is 0.335 e. The van der Waals surface area contributed by atoms with Crippen molar-refractivity contribution < 1.29 is 19.4 Å². The molecule has 0 saturated heterocycles. The second-order valence-corrected chi connectivity index (χ2v) is 5.23. The molecule has 0 atom stereocenters. The molecule has 2 aromatic rings. The Bertz CT molecular complexity index is 660. The highest BCUT2D eigenvalue weighted by molar-refractivity contribution is 5.87. The monoisotopic (exact) mass is 300 g/mol. The molecule has 2 aromatic carbocycles. The number of aromatic carboxylic acids is 1. The first-order valence-electron chi connectivity index (χ1n) is 7.14. The van der Waals surface area contributed by atoms with Gasteiger partial charge < -0.3 is 14.6 Å². The molecular formula is C18H20O4. The molecule has 116 valence electrons. The zero-order valence-corrected chi connectivity index (χ0v) is 13.1. The van der Waals surface area contributed by atoms with Gasteiger partial charge in [-0.3, -0.25) is 0 Å². The van der Waals surface area contributed by atoms with Crippen molar-refractivity contribution in [2.45, 2.75) is 20.8 Å². The van der Waals surface area contributed by atoms with Gasteiger partial charge in [-0.2, -0.15) is 0 Å². The van der Waals surface area contributed by atoms with Crippen molar-refractivity contribution in [3.8, 4) is 11.5 Å². The van der Waals surface area contributed by atoms with Crippen LogP contribution in [0.4, 0.5) is 0 Å². The molecule has 0 bridgehead atoms. The molecule has 4 heteroatoms. The summed E-state index contributed by atoms with van der Waals surface area (Å²) in [5, 5.41) is 8.83. The van der Waals surface area contributed by atoms with Gasteiger partial charge in [-0.05, 0) is 67.8 Å². The lowest BCUT2D eigenvalue weighted by atomic mass is 10.1. The van der Waals surface area contributed by atoms with Gasteiger partial charge in [-0.15, -0.1) is 0 Å². The standard InChI is InChI=1S/C18H20O4/c1-12-10-13(2)14(3)17(11-12)22-9-8-21-16-6-4-15(5-7-16)18(19)20/h4-7,10-11H,8-9H2,1-3H3,(H,19,20). The van der Waals surface area contributed by atoms with E-state index in [1.807, 2.05) is 19.9 Å². The lowest BCUT2D eigenvalue weighted by Gasteiger charge is -2.13. The van der Waals surface area contributed by atoms with Crippen LogP contribution in [-0.2, 0) is 0 Å². The van der Waals surface area contributed by atoms with Crippen LogP contribution in [0.5, 0.6) is 11.5 Å². The van der Waals surface area contributed by atoms with Crippen molar-refractivity contribution in [3.63, 3.8) is 0 Å². The molecule has 0 spiro atoms. The average Bonchev–Trinajstić information content (AvgIpc) is 2.48. The molecule has 0 amide bonds. The summed E-state index contributed by atoms with van der Waals surface area (Å²) >= 11 is 0. The number of rotatable bonds is 6. The van der Waals surface area contributed by atoms with Crippen LogP contribution in [-0.4, -0.2) is 24.3 Å². The molecule has 0 fully saturated rings. The third kappa shape index (κ3) is 4.01. The SMILES string of the molecule is Cc1cc(C)c(C)c(OCCOc2ccc(C(=O)O)cc2)c1. The van der Waals surface area contributed by atoms with Crippen LogP contribution < -0.4 is 9.47 Å². The minimum atomic E-state index is -0.944. The van der Waals surface area contributed by atoms with Crippen LogP contribution in [0, 0.1) is 20.8 Å². The molecule has 0 saturated carbocycles. The van der Waals surface area contributed by atoms with Gasteiger partial charge in [0.15, 0.2) is 0 Å². The molecule has 22 heavy (non-hydrogen) atoms. The smallest absolute Gasteiger partial charge is 0.335 e. The Hall–Kier alpha value is -2.49. The van der Waals surface area contributed by atoms with Gasteiger partial charge in [-0.25, -0.2) is 4.79 Å². The van der Waals surface area contributed by atoms with Crippen LogP contribution in [0.25, 0.3) is 0 Å². The zero-order valence-electron chi connectivity index (χ0n) is 13.1. The van der Waals surface area contributed by atoms with E-state index in [1.54, 1.807) is 12.1 Å². The molecule has 0 unspecified atom stereocenters. The number of carboxylic acids is 1. The molecule has 0 aliphatic heterocycles. The fourth-order valence-corrected chi connectivity index (χ4v) is 2.16. The number of ether oxygens (including phenoxy) is 2. The fourth-order valence-electron chi connectivity index (χ4n) is 2.16. The summed E-state index contributed by atoms with van der Waals surface area (Å²) < 4.78 is 11.3. The molecule has 0 radical (unpaired) electrons. The Morgan fingerprint density at radius 2 is 1.64 bits per heavy atom.